The fourth-order valence-electron chi connectivity index (χ4n) is 3.93. The average Bonchev–Trinajstić information content (AvgIpc) is 2.89. The number of rotatable bonds is 8. The highest BCUT2D eigenvalue weighted by atomic mass is 35.5. The van der Waals surface area contributed by atoms with Gasteiger partial charge in [0.1, 0.15) is 13.1 Å². The van der Waals surface area contributed by atoms with E-state index < -0.39 is 5.97 Å². The van der Waals surface area contributed by atoms with Gasteiger partial charge in [0.25, 0.3) is 5.56 Å². The highest BCUT2D eigenvalue weighted by molar-refractivity contribution is 7.99. The van der Waals surface area contributed by atoms with E-state index in [2.05, 4.69) is 10.3 Å². The van der Waals surface area contributed by atoms with E-state index in [0.717, 1.165) is 25.2 Å². The number of nitrogens with one attached hydrogen (secondary N) is 2. The summed E-state index contributed by atoms with van der Waals surface area (Å²) in [6.45, 7) is 6.22. The largest absolute Gasteiger partial charge is 0.465 e. The molecule has 190 valence electrons. The van der Waals surface area contributed by atoms with Gasteiger partial charge in [-0.1, -0.05) is 29.4 Å². The van der Waals surface area contributed by atoms with Gasteiger partial charge in [-0.2, -0.15) is 0 Å². The van der Waals surface area contributed by atoms with Crippen molar-refractivity contribution in [3.8, 4) is 0 Å². The quantitative estimate of drug-likeness (QED) is 0.259. The van der Waals surface area contributed by atoms with Crippen molar-refractivity contribution < 1.29 is 24.0 Å². The summed E-state index contributed by atoms with van der Waals surface area (Å²) in [5, 5.41) is 4.22. The zero-order chi connectivity index (χ0) is 25.7. The molecule has 9 nitrogen and oxygen atoms in total. The number of aryl methyl sites for hydroxylation is 1. The highest BCUT2D eigenvalue weighted by Gasteiger charge is 2.19. The molecule has 1 aliphatic heterocycles. The Labute approximate surface area is 217 Å². The van der Waals surface area contributed by atoms with Crippen molar-refractivity contribution in [3.63, 3.8) is 0 Å². The maximum Gasteiger partial charge on any atom is 0.337 e. The van der Waals surface area contributed by atoms with Crippen LogP contribution in [-0.4, -0.2) is 67.1 Å². The number of morpholine rings is 1. The predicted molar refractivity (Wildman–Crippen MR) is 139 cm³/mol. The number of anilines is 1. The molecular formula is C25H28ClN4O5S+. The molecule has 1 saturated heterocycles. The maximum atomic E-state index is 13.4. The minimum atomic E-state index is -0.510. The molecule has 0 saturated carbocycles. The van der Waals surface area contributed by atoms with E-state index in [1.807, 2.05) is 13.0 Å². The first-order valence-corrected chi connectivity index (χ1v) is 12.9. The van der Waals surface area contributed by atoms with Crippen LogP contribution in [0.4, 0.5) is 5.69 Å². The van der Waals surface area contributed by atoms with Crippen LogP contribution < -0.4 is 15.8 Å². The molecule has 0 radical (unpaired) electrons. The number of ether oxygens (including phenoxy) is 2. The molecule has 36 heavy (non-hydrogen) atoms. The second-order valence-electron chi connectivity index (χ2n) is 8.49. The molecule has 0 bridgehead atoms. The number of carbonyl (C=O) groups excluding carboxylic acids is 2. The molecule has 0 unspecified atom stereocenters. The van der Waals surface area contributed by atoms with Gasteiger partial charge in [-0.15, -0.1) is 0 Å². The van der Waals surface area contributed by atoms with Crippen molar-refractivity contribution in [3.05, 3.63) is 62.9 Å². The predicted octanol–water partition coefficient (Wildman–Crippen LogP) is 1.79. The Balaban J connectivity index is 1.59. The van der Waals surface area contributed by atoms with Crippen LogP contribution in [0.15, 0.2) is 46.3 Å². The number of aromatic nitrogens is 2. The average molecular weight is 532 g/mol. The Kier molecular flexibility index (Phi) is 8.63. The van der Waals surface area contributed by atoms with Crippen LogP contribution in [0.1, 0.15) is 15.9 Å². The molecule has 11 heteroatoms. The summed E-state index contributed by atoms with van der Waals surface area (Å²) < 4.78 is 11.8. The maximum absolute atomic E-state index is 13.4. The zero-order valence-electron chi connectivity index (χ0n) is 20.1. The second kappa shape index (κ2) is 11.9. The van der Waals surface area contributed by atoms with Crippen LogP contribution in [-0.2, 0) is 20.8 Å². The topological polar surface area (TPSA) is 104 Å². The lowest BCUT2D eigenvalue weighted by atomic mass is 10.1. The number of hydrogen-bond acceptors (Lipinski definition) is 7. The fraction of sp³-hybridized carbons (Fsp3) is 0.360. The highest BCUT2D eigenvalue weighted by Crippen LogP contribution is 2.22. The summed E-state index contributed by atoms with van der Waals surface area (Å²) >= 11 is 7.33. The zero-order valence-corrected chi connectivity index (χ0v) is 21.7. The van der Waals surface area contributed by atoms with Gasteiger partial charge in [-0.05, 0) is 42.8 Å². The number of quaternary nitrogens is 1. The first-order chi connectivity index (χ1) is 17.4. The third-order valence-electron chi connectivity index (χ3n) is 6.02. The Morgan fingerprint density at radius 2 is 2.00 bits per heavy atom. The molecule has 1 aromatic heterocycles. The number of hydrogen-bond donors (Lipinski definition) is 2. The summed E-state index contributed by atoms with van der Waals surface area (Å²) in [4.78, 5) is 44.1. The number of fused-ring (bicyclic) bond motifs is 1. The summed E-state index contributed by atoms with van der Waals surface area (Å²) in [5.41, 5.74) is 1.99. The van der Waals surface area contributed by atoms with Crippen molar-refractivity contribution in [2.45, 2.75) is 18.6 Å². The molecular weight excluding hydrogens is 504 g/mol. The third-order valence-corrected chi connectivity index (χ3v) is 7.40. The number of esters is 1. The lowest BCUT2D eigenvalue weighted by molar-refractivity contribution is -0.908. The first kappa shape index (κ1) is 26.2. The van der Waals surface area contributed by atoms with E-state index in [1.165, 1.54) is 23.8 Å². The second-order valence-corrected chi connectivity index (χ2v) is 9.84. The molecule has 1 aliphatic rings. The summed E-state index contributed by atoms with van der Waals surface area (Å²) in [6, 6.07) is 10.0. The monoisotopic (exact) mass is 531 g/mol. The molecule has 1 fully saturated rings. The number of halogens is 1. The van der Waals surface area contributed by atoms with Crippen molar-refractivity contribution in [1.82, 2.24) is 9.55 Å². The van der Waals surface area contributed by atoms with Crippen molar-refractivity contribution in [1.29, 1.82) is 0 Å². The number of benzene rings is 2. The molecule has 1 amide bonds. The van der Waals surface area contributed by atoms with E-state index in [4.69, 9.17) is 21.1 Å². The van der Waals surface area contributed by atoms with Crippen LogP contribution in [0.5, 0.6) is 0 Å². The van der Waals surface area contributed by atoms with Gasteiger partial charge in [0.2, 0.25) is 5.91 Å². The summed E-state index contributed by atoms with van der Waals surface area (Å²) in [6.07, 6.45) is 0. The van der Waals surface area contributed by atoms with Crippen LogP contribution in [0, 0.1) is 6.92 Å². The van der Waals surface area contributed by atoms with Gasteiger partial charge >= 0.3 is 5.97 Å². The normalized spacial score (nSPS) is 14.1. The third kappa shape index (κ3) is 6.25. The van der Waals surface area contributed by atoms with Gasteiger partial charge < -0.3 is 19.7 Å². The first-order valence-electron chi connectivity index (χ1n) is 11.6. The fourth-order valence-corrected chi connectivity index (χ4v) is 4.94. The van der Waals surface area contributed by atoms with E-state index >= 15 is 0 Å². The number of thioether (sulfide) groups is 1. The van der Waals surface area contributed by atoms with Crippen LogP contribution >= 0.6 is 23.4 Å². The number of amides is 1. The Hall–Kier alpha value is -2.92. The number of nitrogens with zero attached hydrogens (tertiary/aromatic N) is 2. The Bertz CT molecular complexity index is 1340. The van der Waals surface area contributed by atoms with Crippen LogP contribution in [0.2, 0.25) is 5.02 Å². The van der Waals surface area contributed by atoms with E-state index in [9.17, 15) is 14.4 Å². The minimum Gasteiger partial charge on any atom is -0.465 e. The molecule has 4 rings (SSSR count). The van der Waals surface area contributed by atoms with Gasteiger partial charge in [-0.3, -0.25) is 14.2 Å². The van der Waals surface area contributed by atoms with Gasteiger partial charge in [-0.25, -0.2) is 9.78 Å². The number of carbonyl (C=O) groups is 2. The van der Waals surface area contributed by atoms with Crippen LogP contribution in [0.25, 0.3) is 10.9 Å². The summed E-state index contributed by atoms with van der Waals surface area (Å²) in [5.74, 6) is -0.711. The summed E-state index contributed by atoms with van der Waals surface area (Å²) in [7, 11) is 1.30. The van der Waals surface area contributed by atoms with Crippen molar-refractivity contribution in [2.75, 3.05) is 51.0 Å². The van der Waals surface area contributed by atoms with Crippen LogP contribution in [0.3, 0.4) is 0 Å². The van der Waals surface area contributed by atoms with E-state index in [1.54, 1.807) is 34.9 Å². The van der Waals surface area contributed by atoms with E-state index in [0.29, 0.717) is 52.1 Å². The lowest BCUT2D eigenvalue weighted by Gasteiger charge is -2.24. The minimum absolute atomic E-state index is 0.0462. The van der Waals surface area contributed by atoms with Gasteiger partial charge in [0.05, 0.1) is 55.6 Å². The molecule has 2 N–H and O–H groups in total. The molecule has 3 aromatic rings. The standard InChI is InChI=1S/C25H27ClN4O5S/c1-16-3-5-18(14-20(16)26)27-22(31)15-36-25-28-21-13-17(24(33)34-2)4-6-19(21)23(32)30(25)8-7-29-9-11-35-12-10-29/h3-6,13-14H,7-12,15H2,1-2H3,(H,27,31)/p+1. The Morgan fingerprint density at radius 1 is 1.22 bits per heavy atom. The Morgan fingerprint density at radius 3 is 2.72 bits per heavy atom. The van der Waals surface area contributed by atoms with E-state index in [-0.39, 0.29) is 17.2 Å². The van der Waals surface area contributed by atoms with Gasteiger partial charge in [0.15, 0.2) is 5.16 Å². The van der Waals surface area contributed by atoms with Crippen molar-refractivity contribution >= 4 is 51.8 Å². The van der Waals surface area contributed by atoms with Gasteiger partial charge in [0, 0.05) is 10.7 Å². The van der Waals surface area contributed by atoms with Crippen molar-refractivity contribution in [2.24, 2.45) is 0 Å². The molecule has 0 spiro atoms. The SMILES string of the molecule is COC(=O)c1ccc2c(=O)n(CC[NH+]3CCOCC3)c(SCC(=O)Nc3ccc(C)c(Cl)c3)nc2c1. The smallest absolute Gasteiger partial charge is 0.337 e. The lowest BCUT2D eigenvalue weighted by Crippen LogP contribution is -3.14. The number of methoxy groups -OCH3 is 1. The molecule has 2 aromatic carbocycles. The molecule has 2 heterocycles. The molecule has 0 atom stereocenters. The molecule has 0 aliphatic carbocycles.